The van der Waals surface area contributed by atoms with Crippen molar-refractivity contribution in [2.45, 2.75) is 20.1 Å². The standard InChI is InChI=1S/C14H14F2N2O2/c1-8-14(20)11(9(7-19)5-17-8)6-18-13-4-10(15)2-3-12(13)16/h2-5,18-20H,6-7H2,1H3. The Kier molecular flexibility index (Phi) is 4.14. The largest absolute Gasteiger partial charge is 0.506 e. The molecule has 0 saturated heterocycles. The monoisotopic (exact) mass is 280 g/mol. The number of aryl methyl sites for hydroxylation is 1. The molecule has 0 fully saturated rings. The quantitative estimate of drug-likeness (QED) is 0.805. The Morgan fingerprint density at radius 3 is 2.75 bits per heavy atom. The molecule has 0 amide bonds. The average Bonchev–Trinajstić information content (AvgIpc) is 2.44. The molecule has 4 nitrogen and oxygen atoms in total. The van der Waals surface area contributed by atoms with Crippen molar-refractivity contribution in [2.75, 3.05) is 5.32 Å². The second-order valence-electron chi connectivity index (χ2n) is 4.33. The molecular formula is C14H14F2N2O2. The van der Waals surface area contributed by atoms with Gasteiger partial charge in [-0.2, -0.15) is 0 Å². The summed E-state index contributed by atoms with van der Waals surface area (Å²) >= 11 is 0. The lowest BCUT2D eigenvalue weighted by Crippen LogP contribution is -2.07. The molecule has 1 aromatic heterocycles. The summed E-state index contributed by atoms with van der Waals surface area (Å²) in [6, 6.07) is 3.06. The van der Waals surface area contributed by atoms with E-state index in [9.17, 15) is 19.0 Å². The SMILES string of the molecule is Cc1ncc(CO)c(CNc2cc(F)ccc2F)c1O. The molecule has 6 heteroatoms. The number of aliphatic hydroxyl groups is 1. The number of aliphatic hydroxyl groups excluding tert-OH is 1. The fourth-order valence-corrected chi connectivity index (χ4v) is 1.83. The minimum atomic E-state index is -0.595. The average molecular weight is 280 g/mol. The first kappa shape index (κ1) is 14.2. The van der Waals surface area contributed by atoms with Crippen molar-refractivity contribution in [1.29, 1.82) is 0 Å². The van der Waals surface area contributed by atoms with E-state index in [2.05, 4.69) is 10.3 Å². The van der Waals surface area contributed by atoms with E-state index in [1.807, 2.05) is 0 Å². The van der Waals surface area contributed by atoms with E-state index in [-0.39, 0.29) is 24.6 Å². The number of benzene rings is 1. The van der Waals surface area contributed by atoms with Crippen LogP contribution in [0.4, 0.5) is 14.5 Å². The first-order valence-electron chi connectivity index (χ1n) is 5.99. The number of hydrogen-bond donors (Lipinski definition) is 3. The molecule has 0 spiro atoms. The number of nitrogens with one attached hydrogen (secondary N) is 1. The number of nitrogens with zero attached hydrogens (tertiary/aromatic N) is 1. The van der Waals surface area contributed by atoms with Crippen LogP contribution in [-0.4, -0.2) is 15.2 Å². The molecular weight excluding hydrogens is 266 g/mol. The third-order valence-electron chi connectivity index (χ3n) is 2.98. The molecule has 0 saturated carbocycles. The Labute approximate surface area is 114 Å². The van der Waals surface area contributed by atoms with E-state index >= 15 is 0 Å². The summed E-state index contributed by atoms with van der Waals surface area (Å²) in [4.78, 5) is 3.92. The summed E-state index contributed by atoms with van der Waals surface area (Å²) in [6.07, 6.45) is 1.44. The molecule has 0 unspecified atom stereocenters. The predicted octanol–water partition coefficient (Wildman–Crippen LogP) is 2.48. The van der Waals surface area contributed by atoms with Crippen molar-refractivity contribution in [2.24, 2.45) is 0 Å². The van der Waals surface area contributed by atoms with Crippen molar-refractivity contribution in [1.82, 2.24) is 4.98 Å². The highest BCUT2D eigenvalue weighted by molar-refractivity contribution is 5.48. The first-order valence-corrected chi connectivity index (χ1v) is 5.99. The van der Waals surface area contributed by atoms with Crippen molar-refractivity contribution >= 4 is 5.69 Å². The highest BCUT2D eigenvalue weighted by Gasteiger charge is 2.12. The van der Waals surface area contributed by atoms with E-state index in [0.717, 1.165) is 18.2 Å². The van der Waals surface area contributed by atoms with E-state index in [4.69, 9.17) is 0 Å². The normalized spacial score (nSPS) is 10.6. The van der Waals surface area contributed by atoms with Gasteiger partial charge in [-0.25, -0.2) is 8.78 Å². The van der Waals surface area contributed by atoms with E-state index in [0.29, 0.717) is 16.8 Å². The van der Waals surface area contributed by atoms with Gasteiger partial charge < -0.3 is 15.5 Å². The van der Waals surface area contributed by atoms with Gasteiger partial charge in [0.15, 0.2) is 0 Å². The molecule has 0 atom stereocenters. The molecule has 0 aliphatic carbocycles. The highest BCUT2D eigenvalue weighted by atomic mass is 19.1. The number of anilines is 1. The summed E-state index contributed by atoms with van der Waals surface area (Å²) in [7, 11) is 0. The van der Waals surface area contributed by atoms with Crippen LogP contribution in [0.3, 0.4) is 0 Å². The Bertz CT molecular complexity index is 633. The van der Waals surface area contributed by atoms with E-state index < -0.39 is 11.6 Å². The van der Waals surface area contributed by atoms with Crippen LogP contribution in [0.1, 0.15) is 16.8 Å². The number of pyridine rings is 1. The zero-order valence-corrected chi connectivity index (χ0v) is 10.8. The van der Waals surface area contributed by atoms with Crippen LogP contribution in [0.25, 0.3) is 0 Å². The van der Waals surface area contributed by atoms with Crippen LogP contribution < -0.4 is 5.32 Å². The van der Waals surface area contributed by atoms with Crippen LogP contribution in [0.2, 0.25) is 0 Å². The summed E-state index contributed by atoms with van der Waals surface area (Å²) in [5.74, 6) is -1.23. The lowest BCUT2D eigenvalue weighted by atomic mass is 10.1. The van der Waals surface area contributed by atoms with Crippen molar-refractivity contribution in [3.05, 3.63) is 52.9 Å². The first-order chi connectivity index (χ1) is 9.52. The van der Waals surface area contributed by atoms with Crippen molar-refractivity contribution < 1.29 is 19.0 Å². The molecule has 106 valence electrons. The summed E-state index contributed by atoms with van der Waals surface area (Å²) in [5, 5.41) is 21.8. The third kappa shape index (κ3) is 2.85. The number of aromatic hydroxyl groups is 1. The van der Waals surface area contributed by atoms with Gasteiger partial charge in [-0.1, -0.05) is 0 Å². The summed E-state index contributed by atoms with van der Waals surface area (Å²) in [5.41, 5.74) is 1.22. The number of rotatable bonds is 4. The lowest BCUT2D eigenvalue weighted by Gasteiger charge is -2.13. The molecule has 1 heterocycles. The molecule has 2 rings (SSSR count). The van der Waals surface area contributed by atoms with Gasteiger partial charge in [0.2, 0.25) is 0 Å². The fourth-order valence-electron chi connectivity index (χ4n) is 1.83. The Morgan fingerprint density at radius 2 is 2.05 bits per heavy atom. The Morgan fingerprint density at radius 1 is 1.30 bits per heavy atom. The molecule has 3 N–H and O–H groups in total. The van der Waals surface area contributed by atoms with Gasteiger partial charge in [-0.3, -0.25) is 4.98 Å². The van der Waals surface area contributed by atoms with E-state index in [1.54, 1.807) is 6.92 Å². The number of aromatic nitrogens is 1. The van der Waals surface area contributed by atoms with Crippen LogP contribution in [0.5, 0.6) is 5.75 Å². The van der Waals surface area contributed by atoms with Crippen LogP contribution in [0, 0.1) is 18.6 Å². The minimum absolute atomic E-state index is 0.0113. The molecule has 2 aromatic rings. The van der Waals surface area contributed by atoms with Gasteiger partial charge in [-0.05, 0) is 25.1 Å². The molecule has 20 heavy (non-hydrogen) atoms. The van der Waals surface area contributed by atoms with Gasteiger partial charge in [0.25, 0.3) is 0 Å². The maximum Gasteiger partial charge on any atom is 0.146 e. The van der Waals surface area contributed by atoms with E-state index in [1.165, 1.54) is 6.20 Å². The Hall–Kier alpha value is -2.21. The number of hydrogen-bond acceptors (Lipinski definition) is 4. The van der Waals surface area contributed by atoms with Crippen LogP contribution >= 0.6 is 0 Å². The lowest BCUT2D eigenvalue weighted by molar-refractivity contribution is 0.279. The molecule has 0 aliphatic rings. The fraction of sp³-hybridized carbons (Fsp3) is 0.214. The maximum atomic E-state index is 13.5. The van der Waals surface area contributed by atoms with Gasteiger partial charge in [0.05, 0.1) is 18.0 Å². The van der Waals surface area contributed by atoms with Gasteiger partial charge in [0.1, 0.15) is 17.4 Å². The van der Waals surface area contributed by atoms with Gasteiger partial charge in [-0.15, -0.1) is 0 Å². The van der Waals surface area contributed by atoms with Crippen LogP contribution in [0.15, 0.2) is 24.4 Å². The third-order valence-corrected chi connectivity index (χ3v) is 2.98. The molecule has 0 radical (unpaired) electrons. The van der Waals surface area contributed by atoms with Crippen LogP contribution in [-0.2, 0) is 13.2 Å². The van der Waals surface area contributed by atoms with Gasteiger partial charge in [0, 0.05) is 23.9 Å². The smallest absolute Gasteiger partial charge is 0.146 e. The van der Waals surface area contributed by atoms with Crippen molar-refractivity contribution in [3.63, 3.8) is 0 Å². The zero-order chi connectivity index (χ0) is 14.7. The predicted molar refractivity (Wildman–Crippen MR) is 70.2 cm³/mol. The number of halogens is 2. The molecule has 0 aliphatic heterocycles. The summed E-state index contributed by atoms with van der Waals surface area (Å²) in [6.45, 7) is 1.36. The maximum absolute atomic E-state index is 13.5. The Balaban J connectivity index is 2.27. The molecule has 0 bridgehead atoms. The molecule has 1 aromatic carbocycles. The second kappa shape index (κ2) is 5.83. The second-order valence-corrected chi connectivity index (χ2v) is 4.33. The van der Waals surface area contributed by atoms with Crippen molar-refractivity contribution in [3.8, 4) is 5.75 Å². The summed E-state index contributed by atoms with van der Waals surface area (Å²) < 4.78 is 26.5. The minimum Gasteiger partial charge on any atom is -0.506 e. The topological polar surface area (TPSA) is 65.4 Å². The zero-order valence-electron chi connectivity index (χ0n) is 10.8. The van der Waals surface area contributed by atoms with Gasteiger partial charge >= 0.3 is 0 Å². The highest BCUT2D eigenvalue weighted by Crippen LogP contribution is 2.25.